The molecule has 0 rings (SSSR count). The molecule has 0 heterocycles. The molecule has 1 amide bonds. The molecule has 0 spiro atoms. The number of carbonyl (C=O) groups is 1. The maximum absolute atomic E-state index is 9.92. The Morgan fingerprint density at radius 2 is 2.20 bits per heavy atom. The van der Waals surface area contributed by atoms with Crippen LogP contribution in [0.15, 0.2) is 0 Å². The second kappa shape index (κ2) is 5.05. The Kier molecular flexibility index (Phi) is 4.66. The maximum Gasteiger partial charge on any atom is 0.426 e. The Bertz CT molecular complexity index is 104. The van der Waals surface area contributed by atoms with Crippen LogP contribution in [0, 0.1) is 0 Å². The number of nitrogens with one attached hydrogen (secondary N) is 1. The third-order valence-corrected chi connectivity index (χ3v) is 0.983. The highest BCUT2D eigenvalue weighted by molar-refractivity contribution is 5.63. The molecule has 0 aliphatic rings. The van der Waals surface area contributed by atoms with Crippen molar-refractivity contribution >= 4 is 6.09 Å². The zero-order valence-electron chi connectivity index (χ0n) is 6.39. The van der Waals surface area contributed by atoms with Crippen molar-refractivity contribution in [2.75, 3.05) is 27.2 Å². The van der Waals surface area contributed by atoms with Crippen molar-refractivity contribution in [3.63, 3.8) is 0 Å². The van der Waals surface area contributed by atoms with Crippen LogP contribution in [0.2, 0.25) is 0 Å². The molecule has 4 nitrogen and oxygen atoms in total. The van der Waals surface area contributed by atoms with Crippen LogP contribution in [0.5, 0.6) is 0 Å². The molecule has 0 saturated carbocycles. The maximum atomic E-state index is 9.92. The Hall–Kier alpha value is -0.770. The first-order chi connectivity index (χ1) is 4.63. The number of carbonyl (C=O) groups excluding carboxylic acids is 1. The van der Waals surface area contributed by atoms with Gasteiger partial charge in [-0.3, -0.25) is 0 Å². The van der Waals surface area contributed by atoms with E-state index >= 15 is 0 Å². The van der Waals surface area contributed by atoms with E-state index in [9.17, 15) is 4.79 Å². The van der Waals surface area contributed by atoms with E-state index in [4.69, 9.17) is 5.73 Å². The largest absolute Gasteiger partial charge is 0.448 e. The van der Waals surface area contributed by atoms with Gasteiger partial charge in [-0.15, -0.1) is 0 Å². The SMILES string of the molecule is CN(C)CCCOC([NH])=O. The van der Waals surface area contributed by atoms with Crippen molar-refractivity contribution in [3.8, 4) is 0 Å². The van der Waals surface area contributed by atoms with Gasteiger partial charge in [0.2, 0.25) is 0 Å². The molecule has 1 N–H and O–H groups in total. The molecule has 0 saturated heterocycles. The van der Waals surface area contributed by atoms with Gasteiger partial charge < -0.3 is 9.64 Å². The molecule has 0 aromatic rings. The van der Waals surface area contributed by atoms with E-state index in [-0.39, 0.29) is 0 Å². The summed E-state index contributed by atoms with van der Waals surface area (Å²) in [4.78, 5) is 11.9. The van der Waals surface area contributed by atoms with Gasteiger partial charge in [-0.1, -0.05) is 0 Å². The molecule has 0 fully saturated rings. The van der Waals surface area contributed by atoms with Gasteiger partial charge in [0, 0.05) is 6.54 Å². The first-order valence-electron chi connectivity index (χ1n) is 3.16. The minimum Gasteiger partial charge on any atom is -0.448 e. The molecule has 1 radical (unpaired) electrons. The summed E-state index contributed by atoms with van der Waals surface area (Å²) in [7, 11) is 3.89. The molecule has 0 aromatic carbocycles. The zero-order valence-corrected chi connectivity index (χ0v) is 6.39. The number of ether oxygens (including phenoxy) is 1. The summed E-state index contributed by atoms with van der Waals surface area (Å²) in [5.74, 6) is 0. The third-order valence-electron chi connectivity index (χ3n) is 0.983. The highest BCUT2D eigenvalue weighted by Crippen LogP contribution is 1.84. The number of amides is 1. The summed E-state index contributed by atoms with van der Waals surface area (Å²) in [6.07, 6.45) is -0.156. The van der Waals surface area contributed by atoms with Crippen LogP contribution in [0.25, 0.3) is 0 Å². The lowest BCUT2D eigenvalue weighted by Gasteiger charge is -2.07. The van der Waals surface area contributed by atoms with Gasteiger partial charge in [-0.25, -0.2) is 10.5 Å². The summed E-state index contributed by atoms with van der Waals surface area (Å²) in [5, 5.41) is 0. The van der Waals surface area contributed by atoms with Crippen molar-refractivity contribution in [2.24, 2.45) is 0 Å². The van der Waals surface area contributed by atoms with Gasteiger partial charge in [0.15, 0.2) is 0 Å². The minimum atomic E-state index is -0.946. The highest BCUT2D eigenvalue weighted by atomic mass is 16.5. The van der Waals surface area contributed by atoms with Gasteiger partial charge in [0.25, 0.3) is 0 Å². The van der Waals surface area contributed by atoms with E-state index in [0.29, 0.717) is 6.61 Å². The standard InChI is InChI=1S/C6H13N2O2/c1-8(2)4-3-5-10-6(7)9/h7H,3-5H2,1-2H3. The average molecular weight is 145 g/mol. The number of hydrogen-bond acceptors (Lipinski definition) is 3. The fourth-order valence-corrected chi connectivity index (χ4v) is 0.546. The van der Waals surface area contributed by atoms with E-state index in [1.54, 1.807) is 0 Å². The second-order valence-electron chi connectivity index (χ2n) is 2.29. The Morgan fingerprint density at radius 3 is 2.60 bits per heavy atom. The highest BCUT2D eigenvalue weighted by Gasteiger charge is 1.94. The van der Waals surface area contributed by atoms with Crippen LogP contribution in [-0.4, -0.2) is 38.2 Å². The summed E-state index contributed by atoms with van der Waals surface area (Å²) in [6, 6.07) is 0. The van der Waals surface area contributed by atoms with Crippen LogP contribution < -0.4 is 5.73 Å². The Morgan fingerprint density at radius 1 is 1.60 bits per heavy atom. The quantitative estimate of drug-likeness (QED) is 0.536. The molecule has 4 heteroatoms. The molecule has 0 aliphatic heterocycles. The fraction of sp³-hybridized carbons (Fsp3) is 0.833. The molecular weight excluding hydrogens is 132 g/mol. The first kappa shape index (κ1) is 9.23. The molecule has 0 atom stereocenters. The minimum absolute atomic E-state index is 0.348. The molecule has 59 valence electrons. The summed E-state index contributed by atoms with van der Waals surface area (Å²) in [6.45, 7) is 1.23. The number of nitrogens with zero attached hydrogens (tertiary/aromatic N) is 1. The lowest BCUT2D eigenvalue weighted by Crippen LogP contribution is -2.15. The molecule has 0 aliphatic carbocycles. The van der Waals surface area contributed by atoms with Crippen molar-refractivity contribution in [2.45, 2.75) is 6.42 Å². The predicted molar refractivity (Wildman–Crippen MR) is 37.6 cm³/mol. The topological polar surface area (TPSA) is 53.3 Å². The van der Waals surface area contributed by atoms with Gasteiger partial charge in [0.1, 0.15) is 0 Å². The van der Waals surface area contributed by atoms with Crippen LogP contribution >= 0.6 is 0 Å². The van der Waals surface area contributed by atoms with Gasteiger partial charge in [-0.2, -0.15) is 0 Å². The molecule has 10 heavy (non-hydrogen) atoms. The van der Waals surface area contributed by atoms with Crippen molar-refractivity contribution in [3.05, 3.63) is 0 Å². The summed E-state index contributed by atoms with van der Waals surface area (Å²) >= 11 is 0. The molecule has 0 unspecified atom stereocenters. The Labute approximate surface area is 60.9 Å². The smallest absolute Gasteiger partial charge is 0.426 e. The van der Waals surface area contributed by atoms with Crippen molar-refractivity contribution in [1.29, 1.82) is 0 Å². The zero-order chi connectivity index (χ0) is 7.98. The molecule has 0 bridgehead atoms. The van der Waals surface area contributed by atoms with Crippen LogP contribution in [0.4, 0.5) is 4.79 Å². The van der Waals surface area contributed by atoms with Crippen LogP contribution in [0.1, 0.15) is 6.42 Å². The molecular formula is C6H13N2O2. The summed E-state index contributed by atoms with van der Waals surface area (Å²) < 4.78 is 4.39. The van der Waals surface area contributed by atoms with E-state index in [1.807, 2.05) is 19.0 Å². The third kappa shape index (κ3) is 7.23. The van der Waals surface area contributed by atoms with E-state index in [1.165, 1.54) is 0 Å². The molecule has 0 aromatic heterocycles. The van der Waals surface area contributed by atoms with Gasteiger partial charge in [0.05, 0.1) is 6.61 Å². The lowest BCUT2D eigenvalue weighted by atomic mass is 10.4. The normalized spacial score (nSPS) is 9.90. The summed E-state index contributed by atoms with van der Waals surface area (Å²) in [5.41, 5.74) is 6.39. The predicted octanol–water partition coefficient (Wildman–Crippen LogP) is 0.358. The first-order valence-corrected chi connectivity index (χ1v) is 3.16. The van der Waals surface area contributed by atoms with Crippen molar-refractivity contribution < 1.29 is 9.53 Å². The van der Waals surface area contributed by atoms with E-state index in [2.05, 4.69) is 4.74 Å². The second-order valence-corrected chi connectivity index (χ2v) is 2.29. The average Bonchev–Trinajstić information content (AvgIpc) is 1.79. The van der Waals surface area contributed by atoms with Crippen LogP contribution in [0.3, 0.4) is 0 Å². The number of hydrogen-bond donors (Lipinski definition) is 0. The van der Waals surface area contributed by atoms with Gasteiger partial charge in [-0.05, 0) is 20.5 Å². The van der Waals surface area contributed by atoms with Gasteiger partial charge >= 0.3 is 6.09 Å². The van der Waals surface area contributed by atoms with E-state index in [0.717, 1.165) is 13.0 Å². The van der Waals surface area contributed by atoms with E-state index < -0.39 is 6.09 Å². The fourth-order valence-electron chi connectivity index (χ4n) is 0.546. The lowest BCUT2D eigenvalue weighted by molar-refractivity contribution is 0.150. The van der Waals surface area contributed by atoms with Crippen LogP contribution in [-0.2, 0) is 4.74 Å². The van der Waals surface area contributed by atoms with Crippen molar-refractivity contribution in [1.82, 2.24) is 10.6 Å². The number of rotatable bonds is 4. The Balaban J connectivity index is 2.98. The monoisotopic (exact) mass is 145 g/mol.